The summed E-state index contributed by atoms with van der Waals surface area (Å²) in [7, 11) is 2.01. The monoisotopic (exact) mass is 277 g/mol. The van der Waals surface area contributed by atoms with Crippen LogP contribution in [0, 0.1) is 0 Å². The third-order valence-electron chi connectivity index (χ3n) is 4.06. The van der Waals surface area contributed by atoms with E-state index < -0.39 is 0 Å². The predicted octanol–water partition coefficient (Wildman–Crippen LogP) is -0.0113. The van der Waals surface area contributed by atoms with Crippen molar-refractivity contribution in [1.82, 2.24) is 20.2 Å². The van der Waals surface area contributed by atoms with Crippen molar-refractivity contribution in [2.75, 3.05) is 51.2 Å². The molecule has 2 heterocycles. The first-order valence-electron chi connectivity index (χ1n) is 7.48. The highest BCUT2D eigenvalue weighted by Crippen LogP contribution is 2.37. The molecule has 2 N–H and O–H groups in total. The van der Waals surface area contributed by atoms with E-state index in [0.717, 1.165) is 63.8 Å². The standard InChI is InChI=1S/C14H23N5O/c1-18(8-9-19-6-4-15-5-7-19)12-10-13(20)17-14(16-12)11-2-3-11/h10-11,15H,2-9H2,1H3,(H,16,17,20). The van der Waals surface area contributed by atoms with Gasteiger partial charge in [-0.15, -0.1) is 0 Å². The van der Waals surface area contributed by atoms with Crippen molar-refractivity contribution in [3.63, 3.8) is 0 Å². The third kappa shape index (κ3) is 3.37. The van der Waals surface area contributed by atoms with Crippen molar-refractivity contribution in [3.8, 4) is 0 Å². The Labute approximate surface area is 119 Å². The Morgan fingerprint density at radius 2 is 2.15 bits per heavy atom. The number of rotatable bonds is 5. The molecule has 1 aromatic rings. The maximum absolute atomic E-state index is 11.7. The van der Waals surface area contributed by atoms with E-state index in [1.165, 1.54) is 0 Å². The van der Waals surface area contributed by atoms with Crippen LogP contribution in [0.5, 0.6) is 0 Å². The van der Waals surface area contributed by atoms with Gasteiger partial charge < -0.3 is 15.2 Å². The highest BCUT2D eigenvalue weighted by atomic mass is 16.1. The molecule has 1 aliphatic heterocycles. The summed E-state index contributed by atoms with van der Waals surface area (Å²) in [5, 5.41) is 3.36. The Bertz CT molecular complexity index is 505. The zero-order chi connectivity index (χ0) is 13.9. The van der Waals surface area contributed by atoms with Crippen LogP contribution in [0.2, 0.25) is 0 Å². The quantitative estimate of drug-likeness (QED) is 0.792. The molecule has 1 aliphatic carbocycles. The van der Waals surface area contributed by atoms with Crippen molar-refractivity contribution in [2.45, 2.75) is 18.8 Å². The SMILES string of the molecule is CN(CCN1CCNCC1)c1cc(=O)[nH]c(C2CC2)n1. The van der Waals surface area contributed by atoms with Crippen LogP contribution < -0.4 is 15.8 Å². The minimum absolute atomic E-state index is 0.0362. The molecule has 0 amide bonds. The lowest BCUT2D eigenvalue weighted by molar-refractivity contribution is 0.246. The van der Waals surface area contributed by atoms with Crippen molar-refractivity contribution in [1.29, 1.82) is 0 Å². The molecule has 0 radical (unpaired) electrons. The molecule has 0 aromatic carbocycles. The first-order valence-corrected chi connectivity index (χ1v) is 7.48. The van der Waals surface area contributed by atoms with E-state index in [2.05, 4.69) is 25.1 Å². The molecule has 6 heteroatoms. The maximum atomic E-state index is 11.7. The van der Waals surface area contributed by atoms with Gasteiger partial charge in [-0.1, -0.05) is 0 Å². The number of H-pyrrole nitrogens is 1. The van der Waals surface area contributed by atoms with E-state index >= 15 is 0 Å². The molecule has 1 saturated carbocycles. The summed E-state index contributed by atoms with van der Waals surface area (Å²) in [4.78, 5) is 23.7. The Hall–Kier alpha value is -1.40. The van der Waals surface area contributed by atoms with Gasteiger partial charge in [-0.3, -0.25) is 9.69 Å². The van der Waals surface area contributed by atoms with Crippen molar-refractivity contribution in [2.24, 2.45) is 0 Å². The number of hydrogen-bond donors (Lipinski definition) is 2. The Morgan fingerprint density at radius 1 is 1.40 bits per heavy atom. The molecule has 6 nitrogen and oxygen atoms in total. The average molecular weight is 277 g/mol. The minimum atomic E-state index is -0.0362. The van der Waals surface area contributed by atoms with Gasteiger partial charge in [0.25, 0.3) is 5.56 Å². The first-order chi connectivity index (χ1) is 9.72. The summed E-state index contributed by atoms with van der Waals surface area (Å²) in [5.74, 6) is 2.14. The molecule has 0 spiro atoms. The van der Waals surface area contributed by atoms with Gasteiger partial charge in [-0.2, -0.15) is 0 Å². The summed E-state index contributed by atoms with van der Waals surface area (Å²) in [6.07, 6.45) is 2.30. The molecule has 110 valence electrons. The van der Waals surface area contributed by atoms with Crippen molar-refractivity contribution >= 4 is 5.82 Å². The van der Waals surface area contributed by atoms with Crippen molar-refractivity contribution < 1.29 is 0 Å². The van der Waals surface area contributed by atoms with Crippen molar-refractivity contribution in [3.05, 3.63) is 22.2 Å². The van der Waals surface area contributed by atoms with Gasteiger partial charge in [0.2, 0.25) is 0 Å². The van der Waals surface area contributed by atoms with Gasteiger partial charge in [-0.25, -0.2) is 4.98 Å². The Morgan fingerprint density at radius 3 is 2.85 bits per heavy atom. The molecular weight excluding hydrogens is 254 g/mol. The van der Waals surface area contributed by atoms with Gasteiger partial charge >= 0.3 is 0 Å². The fourth-order valence-corrected chi connectivity index (χ4v) is 2.55. The Balaban J connectivity index is 1.61. The number of aromatic amines is 1. The summed E-state index contributed by atoms with van der Waals surface area (Å²) < 4.78 is 0. The maximum Gasteiger partial charge on any atom is 0.252 e. The Kier molecular flexibility index (Phi) is 4.03. The number of hydrogen-bond acceptors (Lipinski definition) is 5. The highest BCUT2D eigenvalue weighted by Gasteiger charge is 2.26. The molecule has 1 saturated heterocycles. The predicted molar refractivity (Wildman–Crippen MR) is 79.4 cm³/mol. The number of aromatic nitrogens is 2. The van der Waals surface area contributed by atoms with Crippen LogP contribution in [-0.2, 0) is 0 Å². The van der Waals surface area contributed by atoms with E-state index in [1.54, 1.807) is 6.07 Å². The summed E-state index contributed by atoms with van der Waals surface area (Å²) >= 11 is 0. The van der Waals surface area contributed by atoms with Gasteiger partial charge in [0.1, 0.15) is 11.6 Å². The lowest BCUT2D eigenvalue weighted by atomic mass is 10.3. The second-order valence-electron chi connectivity index (χ2n) is 5.78. The lowest BCUT2D eigenvalue weighted by Crippen LogP contribution is -2.46. The van der Waals surface area contributed by atoms with Crippen LogP contribution in [0.3, 0.4) is 0 Å². The van der Waals surface area contributed by atoms with Crippen LogP contribution in [0.15, 0.2) is 10.9 Å². The summed E-state index contributed by atoms with van der Waals surface area (Å²) in [6, 6.07) is 1.60. The zero-order valence-corrected chi connectivity index (χ0v) is 12.1. The number of nitrogens with one attached hydrogen (secondary N) is 2. The largest absolute Gasteiger partial charge is 0.358 e. The molecule has 0 atom stereocenters. The second kappa shape index (κ2) is 5.93. The molecule has 3 rings (SSSR count). The number of piperazine rings is 1. The average Bonchev–Trinajstić information content (AvgIpc) is 3.30. The second-order valence-corrected chi connectivity index (χ2v) is 5.78. The van der Waals surface area contributed by atoms with Crippen LogP contribution in [0.4, 0.5) is 5.82 Å². The zero-order valence-electron chi connectivity index (χ0n) is 12.1. The lowest BCUT2D eigenvalue weighted by Gasteiger charge is -2.29. The van der Waals surface area contributed by atoms with Crippen LogP contribution in [0.25, 0.3) is 0 Å². The summed E-state index contributed by atoms with van der Waals surface area (Å²) in [6.45, 7) is 6.26. The number of nitrogens with zero attached hydrogens (tertiary/aromatic N) is 3. The van der Waals surface area contributed by atoms with Crippen LogP contribution in [-0.4, -0.2) is 61.2 Å². The normalized spacial score (nSPS) is 20.1. The molecule has 2 fully saturated rings. The van der Waals surface area contributed by atoms with E-state index in [9.17, 15) is 4.79 Å². The third-order valence-corrected chi connectivity index (χ3v) is 4.06. The topological polar surface area (TPSA) is 64.3 Å². The molecular formula is C14H23N5O. The first kappa shape index (κ1) is 13.6. The van der Waals surface area contributed by atoms with Gasteiger partial charge in [0.15, 0.2) is 0 Å². The number of anilines is 1. The van der Waals surface area contributed by atoms with Gasteiger partial charge in [-0.05, 0) is 12.8 Å². The van der Waals surface area contributed by atoms with E-state index in [1.807, 2.05) is 7.05 Å². The van der Waals surface area contributed by atoms with E-state index in [4.69, 9.17) is 0 Å². The van der Waals surface area contributed by atoms with E-state index in [-0.39, 0.29) is 5.56 Å². The minimum Gasteiger partial charge on any atom is -0.358 e. The van der Waals surface area contributed by atoms with Gasteiger partial charge in [0, 0.05) is 58.3 Å². The molecule has 0 bridgehead atoms. The molecule has 20 heavy (non-hydrogen) atoms. The fourth-order valence-electron chi connectivity index (χ4n) is 2.55. The molecule has 0 unspecified atom stereocenters. The van der Waals surface area contributed by atoms with Gasteiger partial charge in [0.05, 0.1) is 0 Å². The van der Waals surface area contributed by atoms with E-state index in [0.29, 0.717) is 5.92 Å². The van der Waals surface area contributed by atoms with Crippen LogP contribution >= 0.6 is 0 Å². The summed E-state index contributed by atoms with van der Waals surface area (Å²) in [5.41, 5.74) is -0.0362. The smallest absolute Gasteiger partial charge is 0.252 e. The molecule has 1 aromatic heterocycles. The number of likely N-dealkylation sites (N-methyl/N-ethyl adjacent to an activating group) is 1. The molecule has 2 aliphatic rings. The fraction of sp³-hybridized carbons (Fsp3) is 0.714. The highest BCUT2D eigenvalue weighted by molar-refractivity contribution is 5.37. The van der Waals surface area contributed by atoms with Crippen LogP contribution in [0.1, 0.15) is 24.6 Å².